The zero-order valence-electron chi connectivity index (χ0n) is 16.5. The van der Waals surface area contributed by atoms with Crippen LogP contribution >= 0.6 is 0 Å². The van der Waals surface area contributed by atoms with Gasteiger partial charge in [0.05, 0.1) is 12.7 Å². The number of rotatable bonds is 8. The van der Waals surface area contributed by atoms with Gasteiger partial charge < -0.3 is 25.0 Å². The number of likely N-dealkylation sites (tertiary alicyclic amines) is 1. The van der Waals surface area contributed by atoms with E-state index < -0.39 is 0 Å². The van der Waals surface area contributed by atoms with E-state index in [0.29, 0.717) is 31.7 Å². The van der Waals surface area contributed by atoms with E-state index in [0.717, 1.165) is 38.4 Å². The number of piperidine rings is 1. The number of ether oxygens (including phenoxy) is 2. The van der Waals surface area contributed by atoms with Gasteiger partial charge in [-0.15, -0.1) is 0 Å². The maximum Gasteiger partial charge on any atom is 0.409 e. The molecular formula is C18H36N4O3. The Morgan fingerprint density at radius 3 is 2.44 bits per heavy atom. The molecule has 0 aromatic heterocycles. The fraction of sp³-hybridized carbons (Fsp3) is 0.889. The van der Waals surface area contributed by atoms with Crippen LogP contribution in [0.3, 0.4) is 0 Å². The predicted molar refractivity (Wildman–Crippen MR) is 101 cm³/mol. The number of nitrogens with one attached hydrogen (secondary N) is 2. The van der Waals surface area contributed by atoms with E-state index in [4.69, 9.17) is 9.47 Å². The summed E-state index contributed by atoms with van der Waals surface area (Å²) in [5.74, 6) is 1.32. The highest BCUT2D eigenvalue weighted by Crippen LogP contribution is 2.12. The van der Waals surface area contributed by atoms with Crippen LogP contribution in [0.15, 0.2) is 4.99 Å². The monoisotopic (exact) mass is 356 g/mol. The minimum absolute atomic E-state index is 0.209. The highest BCUT2D eigenvalue weighted by molar-refractivity contribution is 5.80. The van der Waals surface area contributed by atoms with E-state index in [-0.39, 0.29) is 12.2 Å². The number of aliphatic imine (C=N–C) groups is 1. The molecule has 7 nitrogen and oxygen atoms in total. The molecule has 0 aromatic rings. The lowest BCUT2D eigenvalue weighted by molar-refractivity contribution is 0.0258. The van der Waals surface area contributed by atoms with Crippen LogP contribution in [0.2, 0.25) is 0 Å². The molecular weight excluding hydrogens is 320 g/mol. The summed E-state index contributed by atoms with van der Waals surface area (Å²) in [7, 11) is 1.78. The summed E-state index contributed by atoms with van der Waals surface area (Å²) >= 11 is 0. The van der Waals surface area contributed by atoms with Gasteiger partial charge in [-0.1, -0.05) is 13.8 Å². The SMILES string of the molecule is CCOC(=O)N1CCC(NC(=NC)NCCC(OCC)C(C)C)CC1. The first-order chi connectivity index (χ1) is 12.0. The number of guanidine groups is 1. The second kappa shape index (κ2) is 12.0. The van der Waals surface area contributed by atoms with Gasteiger partial charge in [0.15, 0.2) is 5.96 Å². The van der Waals surface area contributed by atoms with Crippen molar-refractivity contribution in [2.24, 2.45) is 10.9 Å². The minimum Gasteiger partial charge on any atom is -0.450 e. The molecule has 1 heterocycles. The molecule has 1 unspecified atom stereocenters. The molecule has 25 heavy (non-hydrogen) atoms. The van der Waals surface area contributed by atoms with Gasteiger partial charge in [-0.05, 0) is 39.0 Å². The van der Waals surface area contributed by atoms with Crippen molar-refractivity contribution >= 4 is 12.1 Å². The fourth-order valence-corrected chi connectivity index (χ4v) is 2.97. The van der Waals surface area contributed by atoms with Gasteiger partial charge in [-0.2, -0.15) is 0 Å². The summed E-state index contributed by atoms with van der Waals surface area (Å²) in [5.41, 5.74) is 0. The molecule has 0 bridgehead atoms. The van der Waals surface area contributed by atoms with Crippen LogP contribution in [0.25, 0.3) is 0 Å². The topological polar surface area (TPSA) is 75.2 Å². The van der Waals surface area contributed by atoms with E-state index in [2.05, 4.69) is 29.5 Å². The molecule has 1 aliphatic rings. The smallest absolute Gasteiger partial charge is 0.409 e. The first-order valence-corrected chi connectivity index (χ1v) is 9.52. The summed E-state index contributed by atoms with van der Waals surface area (Å²) in [6.45, 7) is 11.7. The van der Waals surface area contributed by atoms with Crippen molar-refractivity contribution in [2.45, 2.75) is 59.1 Å². The second-order valence-electron chi connectivity index (χ2n) is 6.63. The Labute approximate surface area is 152 Å². The van der Waals surface area contributed by atoms with E-state index in [1.165, 1.54) is 0 Å². The van der Waals surface area contributed by atoms with Crippen LogP contribution in [0, 0.1) is 5.92 Å². The van der Waals surface area contributed by atoms with Gasteiger partial charge in [0.2, 0.25) is 0 Å². The van der Waals surface area contributed by atoms with E-state index in [1.54, 1.807) is 11.9 Å². The van der Waals surface area contributed by atoms with Crippen molar-refractivity contribution in [3.05, 3.63) is 0 Å². The molecule has 0 aromatic carbocycles. The Morgan fingerprint density at radius 1 is 1.24 bits per heavy atom. The average molecular weight is 357 g/mol. The van der Waals surface area contributed by atoms with Gasteiger partial charge in [0.25, 0.3) is 0 Å². The first-order valence-electron chi connectivity index (χ1n) is 9.52. The molecule has 1 amide bonds. The van der Waals surface area contributed by atoms with Crippen molar-refractivity contribution in [1.29, 1.82) is 0 Å². The van der Waals surface area contributed by atoms with Gasteiger partial charge in [-0.25, -0.2) is 4.79 Å². The van der Waals surface area contributed by atoms with E-state index >= 15 is 0 Å². The number of carbonyl (C=O) groups is 1. The lowest BCUT2D eigenvalue weighted by Crippen LogP contribution is -2.50. The van der Waals surface area contributed by atoms with Crippen molar-refractivity contribution in [3.63, 3.8) is 0 Å². The van der Waals surface area contributed by atoms with Gasteiger partial charge in [-0.3, -0.25) is 4.99 Å². The fourth-order valence-electron chi connectivity index (χ4n) is 2.97. The highest BCUT2D eigenvalue weighted by Gasteiger charge is 2.24. The van der Waals surface area contributed by atoms with Crippen molar-refractivity contribution in [1.82, 2.24) is 15.5 Å². The molecule has 0 spiro atoms. The van der Waals surface area contributed by atoms with E-state index in [1.807, 2.05) is 13.8 Å². The molecule has 0 aliphatic carbocycles. The molecule has 0 saturated carbocycles. The molecule has 1 rings (SSSR count). The number of nitrogens with zero attached hydrogens (tertiary/aromatic N) is 2. The quantitative estimate of drug-likeness (QED) is 0.515. The minimum atomic E-state index is -0.209. The molecule has 7 heteroatoms. The molecule has 1 aliphatic heterocycles. The molecule has 146 valence electrons. The largest absolute Gasteiger partial charge is 0.450 e. The summed E-state index contributed by atoms with van der Waals surface area (Å²) < 4.78 is 10.8. The van der Waals surface area contributed by atoms with Gasteiger partial charge in [0, 0.05) is 39.3 Å². The van der Waals surface area contributed by atoms with Crippen molar-refractivity contribution in [3.8, 4) is 0 Å². The summed E-state index contributed by atoms with van der Waals surface area (Å²) in [5, 5.41) is 6.82. The standard InChI is InChI=1S/C18H36N4O3/c1-6-24-16(14(3)4)8-11-20-17(19-5)21-15-9-12-22(13-10-15)18(23)25-7-2/h14-16H,6-13H2,1-5H3,(H2,19,20,21). The Bertz CT molecular complexity index is 407. The lowest BCUT2D eigenvalue weighted by Gasteiger charge is -2.32. The van der Waals surface area contributed by atoms with Crippen LogP contribution in [-0.4, -0.2) is 69.0 Å². The zero-order chi connectivity index (χ0) is 18.7. The predicted octanol–water partition coefficient (Wildman–Crippen LogP) is 2.22. The van der Waals surface area contributed by atoms with Crippen molar-refractivity contribution in [2.75, 3.05) is 39.9 Å². The summed E-state index contributed by atoms with van der Waals surface area (Å²) in [6.07, 6.45) is 2.80. The Morgan fingerprint density at radius 2 is 1.92 bits per heavy atom. The maximum absolute atomic E-state index is 11.7. The molecule has 2 N–H and O–H groups in total. The molecule has 1 saturated heterocycles. The van der Waals surface area contributed by atoms with Gasteiger partial charge >= 0.3 is 6.09 Å². The average Bonchev–Trinajstić information content (AvgIpc) is 2.60. The normalized spacial score (nSPS) is 17.5. The molecule has 1 atom stereocenters. The van der Waals surface area contributed by atoms with Crippen LogP contribution < -0.4 is 10.6 Å². The van der Waals surface area contributed by atoms with Crippen molar-refractivity contribution < 1.29 is 14.3 Å². The third kappa shape index (κ3) is 7.94. The summed E-state index contributed by atoms with van der Waals surface area (Å²) in [4.78, 5) is 17.8. The number of hydrogen-bond acceptors (Lipinski definition) is 4. The molecule has 0 radical (unpaired) electrons. The lowest BCUT2D eigenvalue weighted by atomic mass is 10.0. The van der Waals surface area contributed by atoms with Crippen LogP contribution in [0.1, 0.15) is 47.0 Å². The molecule has 1 fully saturated rings. The Kier molecular flexibility index (Phi) is 10.3. The number of hydrogen-bond donors (Lipinski definition) is 2. The first kappa shape index (κ1) is 21.5. The number of amides is 1. The summed E-state index contributed by atoms with van der Waals surface area (Å²) in [6, 6.07) is 0.324. The zero-order valence-corrected chi connectivity index (χ0v) is 16.5. The third-order valence-corrected chi connectivity index (χ3v) is 4.43. The van der Waals surface area contributed by atoms with Gasteiger partial charge in [0.1, 0.15) is 0 Å². The van der Waals surface area contributed by atoms with Crippen LogP contribution in [0.5, 0.6) is 0 Å². The third-order valence-electron chi connectivity index (χ3n) is 4.43. The van der Waals surface area contributed by atoms with E-state index in [9.17, 15) is 4.79 Å². The van der Waals surface area contributed by atoms with Crippen LogP contribution in [0.4, 0.5) is 4.79 Å². The maximum atomic E-state index is 11.7. The Hall–Kier alpha value is -1.50. The Balaban J connectivity index is 2.32. The van der Waals surface area contributed by atoms with Crippen LogP contribution in [-0.2, 0) is 9.47 Å². The highest BCUT2D eigenvalue weighted by atomic mass is 16.6. The number of carbonyl (C=O) groups excluding carboxylic acids is 1. The second-order valence-corrected chi connectivity index (χ2v) is 6.63.